The molecule has 0 aliphatic carbocycles. The van der Waals surface area contributed by atoms with Crippen LogP contribution in [0.1, 0.15) is 35.4 Å². The van der Waals surface area contributed by atoms with E-state index in [1.54, 1.807) is 36.4 Å². The van der Waals surface area contributed by atoms with Crippen molar-refractivity contribution >= 4 is 28.4 Å². The molecule has 25 heavy (non-hydrogen) atoms. The molecule has 0 saturated carbocycles. The molecule has 5 heteroatoms. The molecule has 4 nitrogen and oxygen atoms in total. The van der Waals surface area contributed by atoms with Crippen LogP contribution < -0.4 is 4.74 Å². The third kappa shape index (κ3) is 3.55. The van der Waals surface area contributed by atoms with Crippen molar-refractivity contribution in [2.75, 3.05) is 6.61 Å². The number of hydrogen-bond acceptors (Lipinski definition) is 4. The van der Waals surface area contributed by atoms with Gasteiger partial charge < -0.3 is 13.9 Å². The molecule has 1 aliphatic rings. The fourth-order valence-corrected chi connectivity index (χ4v) is 3.02. The van der Waals surface area contributed by atoms with Crippen LogP contribution in [0, 0.1) is 0 Å². The van der Waals surface area contributed by atoms with E-state index in [4.69, 9.17) is 25.5 Å². The Kier molecular flexibility index (Phi) is 4.47. The van der Waals surface area contributed by atoms with Crippen molar-refractivity contribution in [1.29, 1.82) is 0 Å². The van der Waals surface area contributed by atoms with Gasteiger partial charge in [0.2, 0.25) is 5.78 Å². The summed E-state index contributed by atoms with van der Waals surface area (Å²) in [5.74, 6) is 0.800. The summed E-state index contributed by atoms with van der Waals surface area (Å²) < 4.78 is 17.2. The van der Waals surface area contributed by atoms with E-state index in [0.717, 1.165) is 31.3 Å². The lowest BCUT2D eigenvalue weighted by atomic mass is 10.1. The van der Waals surface area contributed by atoms with Crippen molar-refractivity contribution in [3.63, 3.8) is 0 Å². The van der Waals surface area contributed by atoms with E-state index in [2.05, 4.69) is 0 Å². The van der Waals surface area contributed by atoms with Gasteiger partial charge in [0, 0.05) is 28.5 Å². The quantitative estimate of drug-likeness (QED) is 0.601. The Bertz CT molecular complexity index is 892. The highest BCUT2D eigenvalue weighted by atomic mass is 35.5. The molecule has 0 N–H and O–H groups in total. The molecule has 0 amide bonds. The molecule has 1 aliphatic heterocycles. The molecule has 0 radical (unpaired) electrons. The van der Waals surface area contributed by atoms with Crippen LogP contribution in [0.15, 0.2) is 52.9 Å². The second-order valence-corrected chi connectivity index (χ2v) is 6.50. The predicted octanol–water partition coefficient (Wildman–Crippen LogP) is 5.22. The number of furan rings is 1. The topological polar surface area (TPSA) is 48.7 Å². The highest BCUT2D eigenvalue weighted by Crippen LogP contribution is 2.27. The van der Waals surface area contributed by atoms with E-state index < -0.39 is 0 Å². The Morgan fingerprint density at radius 3 is 2.68 bits per heavy atom. The van der Waals surface area contributed by atoms with Crippen LogP contribution in [0.5, 0.6) is 5.75 Å². The van der Waals surface area contributed by atoms with Crippen molar-refractivity contribution < 1.29 is 18.7 Å². The maximum atomic E-state index is 12.5. The van der Waals surface area contributed by atoms with Crippen LogP contribution in [-0.4, -0.2) is 18.7 Å². The van der Waals surface area contributed by atoms with Crippen molar-refractivity contribution in [2.45, 2.75) is 25.6 Å². The molecule has 2 aromatic carbocycles. The van der Waals surface area contributed by atoms with E-state index in [1.165, 1.54) is 0 Å². The van der Waals surface area contributed by atoms with E-state index in [9.17, 15) is 4.79 Å². The number of halogens is 1. The molecule has 1 aromatic heterocycles. The fourth-order valence-electron chi connectivity index (χ4n) is 2.90. The fraction of sp³-hybridized carbons (Fsp3) is 0.250. The zero-order valence-corrected chi connectivity index (χ0v) is 14.3. The largest absolute Gasteiger partial charge is 0.465 e. The first-order chi connectivity index (χ1) is 12.2. The van der Waals surface area contributed by atoms with Gasteiger partial charge in [-0.05, 0) is 55.3 Å². The van der Waals surface area contributed by atoms with Crippen molar-refractivity contribution in [3.8, 4) is 5.75 Å². The lowest BCUT2D eigenvalue weighted by molar-refractivity contribution is -0.105. The Balaban J connectivity index is 1.57. The van der Waals surface area contributed by atoms with Gasteiger partial charge >= 0.3 is 0 Å². The number of benzene rings is 2. The number of ether oxygens (including phenoxy) is 2. The molecular formula is C20H17ClO4. The number of fused-ring (bicyclic) bond motifs is 1. The molecule has 1 saturated heterocycles. The van der Waals surface area contributed by atoms with E-state index in [-0.39, 0.29) is 12.1 Å². The molecule has 3 aromatic rings. The molecule has 1 fully saturated rings. The Morgan fingerprint density at radius 2 is 1.92 bits per heavy atom. The van der Waals surface area contributed by atoms with Crippen LogP contribution in [-0.2, 0) is 4.74 Å². The molecule has 2 heterocycles. The van der Waals surface area contributed by atoms with E-state index >= 15 is 0 Å². The lowest BCUT2D eigenvalue weighted by Gasteiger charge is -2.23. The second-order valence-electron chi connectivity index (χ2n) is 6.06. The summed E-state index contributed by atoms with van der Waals surface area (Å²) in [5, 5.41) is 1.45. The zero-order valence-electron chi connectivity index (χ0n) is 13.5. The van der Waals surface area contributed by atoms with Crippen molar-refractivity contribution in [2.24, 2.45) is 0 Å². The van der Waals surface area contributed by atoms with Gasteiger partial charge in [-0.25, -0.2) is 0 Å². The monoisotopic (exact) mass is 356 g/mol. The van der Waals surface area contributed by atoms with Gasteiger partial charge in [-0.1, -0.05) is 11.6 Å². The molecule has 0 spiro atoms. The highest BCUT2D eigenvalue weighted by molar-refractivity contribution is 6.30. The van der Waals surface area contributed by atoms with Crippen LogP contribution in [0.25, 0.3) is 11.0 Å². The van der Waals surface area contributed by atoms with Gasteiger partial charge in [0.1, 0.15) is 11.3 Å². The van der Waals surface area contributed by atoms with Gasteiger partial charge in [0.25, 0.3) is 0 Å². The van der Waals surface area contributed by atoms with Crippen LogP contribution in [0.4, 0.5) is 0 Å². The number of carbonyl (C=O) groups excluding carboxylic acids is 1. The summed E-state index contributed by atoms with van der Waals surface area (Å²) in [6.45, 7) is 0.730. The highest BCUT2D eigenvalue weighted by Gasteiger charge is 2.17. The van der Waals surface area contributed by atoms with Crippen LogP contribution in [0.2, 0.25) is 5.02 Å². The summed E-state index contributed by atoms with van der Waals surface area (Å²) >= 11 is 5.87. The standard InChI is InChI=1S/C20H17ClO4/c21-15-7-4-13(5-8-15)20(22)18-11-14-6-9-16(12-17(14)25-18)24-19-3-1-2-10-23-19/h4-9,11-12,19H,1-3,10H2. The smallest absolute Gasteiger partial charge is 0.228 e. The third-order valence-electron chi connectivity index (χ3n) is 4.23. The third-order valence-corrected chi connectivity index (χ3v) is 4.48. The second kappa shape index (κ2) is 6.90. The predicted molar refractivity (Wildman–Crippen MR) is 95.3 cm³/mol. The average Bonchev–Trinajstić information content (AvgIpc) is 3.06. The number of hydrogen-bond donors (Lipinski definition) is 0. The van der Waals surface area contributed by atoms with Gasteiger partial charge in [0.05, 0.1) is 6.61 Å². The maximum absolute atomic E-state index is 12.5. The Morgan fingerprint density at radius 1 is 1.08 bits per heavy atom. The van der Waals surface area contributed by atoms with Crippen molar-refractivity contribution in [3.05, 3.63) is 64.9 Å². The van der Waals surface area contributed by atoms with Gasteiger partial charge in [-0.2, -0.15) is 0 Å². The van der Waals surface area contributed by atoms with E-state index in [1.807, 2.05) is 12.1 Å². The van der Waals surface area contributed by atoms with Crippen molar-refractivity contribution in [1.82, 2.24) is 0 Å². The van der Waals surface area contributed by atoms with E-state index in [0.29, 0.717) is 27.7 Å². The van der Waals surface area contributed by atoms with Crippen LogP contribution >= 0.6 is 11.6 Å². The number of ketones is 1. The summed E-state index contributed by atoms with van der Waals surface area (Å²) in [7, 11) is 0. The minimum atomic E-state index is -0.212. The normalized spacial score (nSPS) is 17.6. The molecule has 128 valence electrons. The summed E-state index contributed by atoms with van der Waals surface area (Å²) in [4.78, 5) is 12.5. The average molecular weight is 357 g/mol. The molecule has 1 atom stereocenters. The minimum Gasteiger partial charge on any atom is -0.465 e. The number of carbonyl (C=O) groups is 1. The molecule has 0 bridgehead atoms. The molecular weight excluding hydrogens is 340 g/mol. The first-order valence-electron chi connectivity index (χ1n) is 8.31. The zero-order chi connectivity index (χ0) is 17.2. The molecule has 4 rings (SSSR count). The van der Waals surface area contributed by atoms with Crippen LogP contribution in [0.3, 0.4) is 0 Å². The minimum absolute atomic E-state index is 0.175. The SMILES string of the molecule is O=C(c1ccc(Cl)cc1)c1cc2ccc(OC3CCCCO3)cc2o1. The first-order valence-corrected chi connectivity index (χ1v) is 8.69. The Labute approximate surface area is 150 Å². The summed E-state index contributed by atoms with van der Waals surface area (Å²) in [6.07, 6.45) is 2.85. The van der Waals surface area contributed by atoms with Gasteiger partial charge in [-0.15, -0.1) is 0 Å². The maximum Gasteiger partial charge on any atom is 0.228 e. The van der Waals surface area contributed by atoms with Gasteiger partial charge in [0.15, 0.2) is 12.1 Å². The lowest BCUT2D eigenvalue weighted by Crippen LogP contribution is -2.24. The number of rotatable bonds is 4. The molecule has 1 unspecified atom stereocenters. The van der Waals surface area contributed by atoms with Gasteiger partial charge in [-0.3, -0.25) is 4.79 Å². The first kappa shape index (κ1) is 16.2. The Hall–Kier alpha value is -2.30. The summed E-state index contributed by atoms with van der Waals surface area (Å²) in [5.41, 5.74) is 1.15. The summed E-state index contributed by atoms with van der Waals surface area (Å²) in [6, 6.07) is 14.0.